The van der Waals surface area contributed by atoms with Crippen LogP contribution in [0.1, 0.15) is 22.1 Å². The van der Waals surface area contributed by atoms with Crippen molar-refractivity contribution in [2.75, 3.05) is 13.9 Å². The van der Waals surface area contributed by atoms with Gasteiger partial charge in [-0.3, -0.25) is 9.36 Å². The maximum Gasteiger partial charge on any atom is 0.355 e. The Kier molecular flexibility index (Phi) is 5.87. The van der Waals surface area contributed by atoms with Gasteiger partial charge in [-0.15, -0.1) is 0 Å². The number of nitrogens with zero attached hydrogens (tertiary/aromatic N) is 1. The summed E-state index contributed by atoms with van der Waals surface area (Å²) in [5.74, 6) is -0.121. The van der Waals surface area contributed by atoms with Gasteiger partial charge in [-0.1, -0.05) is 78.9 Å². The molecule has 34 heavy (non-hydrogen) atoms. The van der Waals surface area contributed by atoms with Crippen molar-refractivity contribution in [3.05, 3.63) is 119 Å². The van der Waals surface area contributed by atoms with Gasteiger partial charge >= 0.3 is 5.97 Å². The zero-order valence-corrected chi connectivity index (χ0v) is 18.6. The number of methoxy groups -OCH3 is 1. The minimum atomic E-state index is -0.612. The van der Waals surface area contributed by atoms with Crippen LogP contribution in [0.2, 0.25) is 0 Å². The third-order valence-electron chi connectivity index (χ3n) is 5.97. The van der Waals surface area contributed by atoms with E-state index in [1.165, 1.54) is 17.9 Å². The first-order chi connectivity index (χ1) is 16.7. The molecule has 5 rings (SSSR count). The van der Waals surface area contributed by atoms with Crippen molar-refractivity contribution < 1.29 is 19.0 Å². The molecule has 1 aliphatic heterocycles. The molecule has 0 amide bonds. The van der Waals surface area contributed by atoms with Crippen molar-refractivity contribution >= 4 is 16.7 Å². The highest BCUT2D eigenvalue weighted by molar-refractivity contribution is 6.06. The third-order valence-corrected chi connectivity index (χ3v) is 5.97. The molecule has 1 aliphatic rings. The van der Waals surface area contributed by atoms with Gasteiger partial charge in [0.15, 0.2) is 5.76 Å². The molecule has 6 heteroatoms. The summed E-state index contributed by atoms with van der Waals surface area (Å²) in [4.78, 5) is 27.3. The molecule has 0 saturated heterocycles. The maximum absolute atomic E-state index is 14.0. The molecule has 2 heterocycles. The van der Waals surface area contributed by atoms with Gasteiger partial charge in [-0.2, -0.15) is 0 Å². The lowest BCUT2D eigenvalue weighted by atomic mass is 9.95. The first-order valence-corrected chi connectivity index (χ1v) is 11.0. The largest absolute Gasteiger partial charge is 0.464 e. The number of ether oxygens (including phenoxy) is 3. The molecule has 0 bridgehead atoms. The summed E-state index contributed by atoms with van der Waals surface area (Å²) < 4.78 is 17.8. The minimum Gasteiger partial charge on any atom is -0.464 e. The number of fused-ring (bicyclic) bond motifs is 1. The van der Waals surface area contributed by atoms with Gasteiger partial charge in [0.25, 0.3) is 5.56 Å². The Morgan fingerprint density at radius 1 is 0.941 bits per heavy atom. The summed E-state index contributed by atoms with van der Waals surface area (Å²) in [6, 6.07) is 26.0. The van der Waals surface area contributed by atoms with Gasteiger partial charge in [0.05, 0.1) is 7.11 Å². The zero-order chi connectivity index (χ0) is 23.5. The van der Waals surface area contributed by atoms with E-state index in [1.807, 2.05) is 78.9 Å². The van der Waals surface area contributed by atoms with Crippen LogP contribution in [0.3, 0.4) is 0 Å². The van der Waals surface area contributed by atoms with Crippen LogP contribution < -0.4 is 5.56 Å². The number of aromatic nitrogens is 1. The van der Waals surface area contributed by atoms with Crippen molar-refractivity contribution in [2.45, 2.75) is 12.5 Å². The summed E-state index contributed by atoms with van der Waals surface area (Å²) in [5.41, 5.74) is 2.31. The van der Waals surface area contributed by atoms with Gasteiger partial charge in [-0.05, 0) is 22.6 Å². The molecule has 1 atom stereocenters. The number of allylic oxidation sites excluding steroid dienone is 1. The average Bonchev–Trinajstić information content (AvgIpc) is 3.43. The number of carbonyl (C=O) groups is 1. The van der Waals surface area contributed by atoms with E-state index in [2.05, 4.69) is 0 Å². The molecule has 3 aromatic carbocycles. The Bertz CT molecular complexity index is 1420. The zero-order valence-electron chi connectivity index (χ0n) is 18.6. The Balaban J connectivity index is 1.87. The predicted molar refractivity (Wildman–Crippen MR) is 129 cm³/mol. The van der Waals surface area contributed by atoms with Crippen molar-refractivity contribution in [1.29, 1.82) is 0 Å². The van der Waals surface area contributed by atoms with Crippen LogP contribution in [0.5, 0.6) is 0 Å². The highest BCUT2D eigenvalue weighted by atomic mass is 16.7. The molecule has 6 nitrogen and oxygen atoms in total. The Morgan fingerprint density at radius 3 is 2.24 bits per heavy atom. The van der Waals surface area contributed by atoms with Crippen molar-refractivity contribution in [3.63, 3.8) is 0 Å². The summed E-state index contributed by atoms with van der Waals surface area (Å²) in [6.45, 7) is 0.0576. The summed E-state index contributed by atoms with van der Waals surface area (Å²) in [5, 5.41) is 1.19. The monoisotopic (exact) mass is 453 g/mol. The number of pyridine rings is 1. The van der Waals surface area contributed by atoms with E-state index in [1.54, 1.807) is 6.07 Å². The topological polar surface area (TPSA) is 66.8 Å². The first kappa shape index (κ1) is 21.5. The average molecular weight is 453 g/mol. The normalized spacial score (nSPS) is 13.6. The summed E-state index contributed by atoms with van der Waals surface area (Å²) >= 11 is 0. The number of rotatable bonds is 6. The molecule has 1 aromatic heterocycles. The second-order valence-corrected chi connectivity index (χ2v) is 7.96. The predicted octanol–water partition coefficient (Wildman–Crippen LogP) is 5.08. The van der Waals surface area contributed by atoms with E-state index >= 15 is 0 Å². The van der Waals surface area contributed by atoms with Crippen LogP contribution in [0, 0.1) is 0 Å². The van der Waals surface area contributed by atoms with E-state index in [9.17, 15) is 9.59 Å². The fourth-order valence-electron chi connectivity index (χ4n) is 4.44. The second kappa shape index (κ2) is 9.27. The lowest BCUT2D eigenvalue weighted by Gasteiger charge is -2.25. The number of benzene rings is 3. The SMILES string of the molecule is COC(=O)c1c(-c2ccccc2)c2ccccc2c(=O)n1C(Cc1ccccc1)C1=COCO1. The maximum atomic E-state index is 14.0. The van der Waals surface area contributed by atoms with Crippen molar-refractivity contribution in [1.82, 2.24) is 4.57 Å². The van der Waals surface area contributed by atoms with Gasteiger partial charge in [0.2, 0.25) is 6.79 Å². The minimum absolute atomic E-state index is 0.0576. The number of hydrogen-bond acceptors (Lipinski definition) is 5. The lowest BCUT2D eigenvalue weighted by Crippen LogP contribution is -2.33. The Hall–Kier alpha value is -4.32. The van der Waals surface area contributed by atoms with Gasteiger partial charge < -0.3 is 14.2 Å². The highest BCUT2D eigenvalue weighted by Crippen LogP contribution is 2.35. The van der Waals surface area contributed by atoms with Gasteiger partial charge in [-0.25, -0.2) is 4.79 Å². The Labute approximate surface area is 196 Å². The molecule has 0 fully saturated rings. The van der Waals surface area contributed by atoms with E-state index in [0.29, 0.717) is 28.5 Å². The van der Waals surface area contributed by atoms with Gasteiger partial charge in [0.1, 0.15) is 18.0 Å². The smallest absolute Gasteiger partial charge is 0.355 e. The van der Waals surface area contributed by atoms with Crippen LogP contribution in [-0.2, 0) is 20.6 Å². The molecular formula is C28H23NO5. The number of carbonyl (C=O) groups excluding carboxylic acids is 1. The standard InChI is InChI=1S/C28H23NO5/c1-32-28(31)26-25(20-12-6-3-7-13-20)21-14-8-9-15-22(21)27(30)29(26)23(24-17-33-18-34-24)16-19-10-4-2-5-11-19/h2-15,17,23H,16,18H2,1H3. The highest BCUT2D eigenvalue weighted by Gasteiger charge is 2.32. The van der Waals surface area contributed by atoms with Crippen molar-refractivity contribution in [2.24, 2.45) is 0 Å². The first-order valence-electron chi connectivity index (χ1n) is 11.0. The molecular weight excluding hydrogens is 430 g/mol. The van der Waals surface area contributed by atoms with Crippen LogP contribution in [0.15, 0.2) is 102 Å². The molecule has 0 N–H and O–H groups in total. The van der Waals surface area contributed by atoms with Crippen LogP contribution >= 0.6 is 0 Å². The summed E-state index contributed by atoms with van der Waals surface area (Å²) in [7, 11) is 1.32. The van der Waals surface area contributed by atoms with E-state index in [-0.39, 0.29) is 18.0 Å². The molecule has 4 aromatic rings. The lowest BCUT2D eigenvalue weighted by molar-refractivity contribution is 0.0575. The van der Waals surface area contributed by atoms with Crippen LogP contribution in [0.4, 0.5) is 0 Å². The molecule has 0 saturated carbocycles. The van der Waals surface area contributed by atoms with E-state index in [0.717, 1.165) is 11.1 Å². The van der Waals surface area contributed by atoms with E-state index in [4.69, 9.17) is 14.2 Å². The van der Waals surface area contributed by atoms with Gasteiger partial charge in [0, 0.05) is 17.4 Å². The van der Waals surface area contributed by atoms with Crippen LogP contribution in [0.25, 0.3) is 21.9 Å². The van der Waals surface area contributed by atoms with E-state index < -0.39 is 12.0 Å². The number of esters is 1. The Morgan fingerprint density at radius 2 is 1.59 bits per heavy atom. The second-order valence-electron chi connectivity index (χ2n) is 7.96. The third kappa shape index (κ3) is 3.83. The fraction of sp³-hybridized carbons (Fsp3) is 0.143. The molecule has 0 aliphatic carbocycles. The number of hydrogen-bond donors (Lipinski definition) is 0. The molecule has 170 valence electrons. The molecule has 1 unspecified atom stereocenters. The van der Waals surface area contributed by atoms with Crippen LogP contribution in [-0.4, -0.2) is 24.4 Å². The molecule has 0 radical (unpaired) electrons. The van der Waals surface area contributed by atoms with Crippen molar-refractivity contribution in [3.8, 4) is 11.1 Å². The summed E-state index contributed by atoms with van der Waals surface area (Å²) in [6.07, 6.45) is 1.94. The fourth-order valence-corrected chi connectivity index (χ4v) is 4.44. The quantitative estimate of drug-likeness (QED) is 0.381. The molecule has 0 spiro atoms.